The minimum Gasteiger partial charge on any atom is -0.480 e. The maximum Gasteiger partial charge on any atom is 0.408 e. The van der Waals surface area contributed by atoms with Crippen LogP contribution in [0.25, 0.3) is 11.2 Å². The van der Waals surface area contributed by atoms with Crippen LogP contribution < -0.4 is 16.8 Å². The van der Waals surface area contributed by atoms with E-state index in [2.05, 4.69) is 25.3 Å². The van der Waals surface area contributed by atoms with Crippen molar-refractivity contribution < 1.29 is 54.1 Å². The van der Waals surface area contributed by atoms with E-state index in [1.807, 2.05) is 4.90 Å². The van der Waals surface area contributed by atoms with E-state index in [9.17, 15) is 39.9 Å². The van der Waals surface area contributed by atoms with Crippen molar-refractivity contribution in [2.45, 2.75) is 107 Å². The molecule has 2 fully saturated rings. The highest BCUT2D eigenvalue weighted by atomic mass is 16.6. The molecule has 22 nitrogen and oxygen atoms in total. The number of carboxylic acid groups (broad SMARTS) is 1. The molecule has 0 spiro atoms. The first kappa shape index (κ1) is 40.7. The van der Waals surface area contributed by atoms with Gasteiger partial charge in [-0.05, 0) is 46.6 Å². The van der Waals surface area contributed by atoms with E-state index in [0.717, 1.165) is 0 Å². The molecule has 3 aliphatic heterocycles. The lowest BCUT2D eigenvalue weighted by molar-refractivity contribution is -0.139. The van der Waals surface area contributed by atoms with Crippen molar-refractivity contribution in [1.82, 2.24) is 39.5 Å². The van der Waals surface area contributed by atoms with Gasteiger partial charge in [-0.1, -0.05) is 6.42 Å². The van der Waals surface area contributed by atoms with E-state index in [-0.39, 0.29) is 51.0 Å². The number of carboxylic acids is 1. The van der Waals surface area contributed by atoms with E-state index >= 15 is 0 Å². The van der Waals surface area contributed by atoms with Crippen LogP contribution in [0.1, 0.15) is 59.1 Å². The van der Waals surface area contributed by atoms with Gasteiger partial charge in [0, 0.05) is 26.1 Å². The Labute approximate surface area is 310 Å². The zero-order valence-corrected chi connectivity index (χ0v) is 30.5. The number of aromatic nitrogens is 4. The number of amides is 3. The molecule has 5 rings (SSSR count). The number of carbonyl (C=O) groups excluding carboxylic acids is 2. The molecule has 2 aromatic rings. The van der Waals surface area contributed by atoms with Gasteiger partial charge in [-0.25, -0.2) is 29.3 Å². The summed E-state index contributed by atoms with van der Waals surface area (Å²) in [6.45, 7) is 5.82. The molecular formula is C32H51N11O11. The van der Waals surface area contributed by atoms with Gasteiger partial charge in [-0.15, -0.1) is 0 Å². The molecule has 2 saturated heterocycles. The third-order valence-corrected chi connectivity index (χ3v) is 9.40. The lowest BCUT2D eigenvalue weighted by Gasteiger charge is -2.36. The van der Waals surface area contributed by atoms with Crippen LogP contribution >= 0.6 is 0 Å². The SMILES string of the molecule is CC(C)(C)OC(=O)NC(CCN(CCCCCN1CN([C@H]2C[C@H](O)[C@@H](CO)O2)C(=O)N=C1N)C[C@H]1O[C@@H](n2cnc3c(N)ncnc32)[C@H](O)[C@@H]1O)C(=O)O. The lowest BCUT2D eigenvalue weighted by atomic mass is 10.1. The van der Waals surface area contributed by atoms with Crippen LogP contribution in [0.3, 0.4) is 0 Å². The number of nitrogens with two attached hydrogens (primary N) is 2. The third kappa shape index (κ3) is 9.80. The molecule has 54 heavy (non-hydrogen) atoms. The summed E-state index contributed by atoms with van der Waals surface area (Å²) in [6.07, 6.45) is -3.33. The second-order valence-corrected chi connectivity index (χ2v) is 14.6. The number of rotatable bonds is 16. The highest BCUT2D eigenvalue weighted by Crippen LogP contribution is 2.32. The van der Waals surface area contributed by atoms with E-state index in [0.29, 0.717) is 43.5 Å². The normalized spacial score (nSPS) is 26.8. The summed E-state index contributed by atoms with van der Waals surface area (Å²) in [6, 6.07) is -1.87. The largest absolute Gasteiger partial charge is 0.480 e. The van der Waals surface area contributed by atoms with Gasteiger partial charge in [-0.3, -0.25) is 9.47 Å². The summed E-state index contributed by atoms with van der Waals surface area (Å²) >= 11 is 0. The Morgan fingerprint density at radius 3 is 2.52 bits per heavy atom. The summed E-state index contributed by atoms with van der Waals surface area (Å²) in [5, 5.41) is 54.0. The van der Waals surface area contributed by atoms with Crippen molar-refractivity contribution in [2.24, 2.45) is 10.7 Å². The quantitative estimate of drug-likeness (QED) is 0.0887. The maximum absolute atomic E-state index is 12.6. The molecule has 0 radical (unpaired) electrons. The number of aliphatic hydroxyl groups is 4. The number of aliphatic hydroxyl groups excluding tert-OH is 4. The molecular weight excluding hydrogens is 714 g/mol. The number of imidazole rings is 1. The summed E-state index contributed by atoms with van der Waals surface area (Å²) < 4.78 is 18.5. The zero-order valence-electron chi connectivity index (χ0n) is 30.5. The zero-order chi connectivity index (χ0) is 39.3. The molecule has 2 aromatic heterocycles. The predicted octanol–water partition coefficient (Wildman–Crippen LogP) is -1.65. The summed E-state index contributed by atoms with van der Waals surface area (Å²) in [7, 11) is 0. The van der Waals surface area contributed by atoms with Crippen LogP contribution in [-0.2, 0) is 19.0 Å². The maximum atomic E-state index is 12.6. The fourth-order valence-electron chi connectivity index (χ4n) is 6.57. The molecule has 22 heteroatoms. The first-order valence-electron chi connectivity index (χ1n) is 17.8. The van der Waals surface area contributed by atoms with Gasteiger partial charge in [0.25, 0.3) is 0 Å². The van der Waals surface area contributed by atoms with Crippen molar-refractivity contribution in [3.05, 3.63) is 12.7 Å². The highest BCUT2D eigenvalue weighted by molar-refractivity contribution is 5.93. The highest BCUT2D eigenvalue weighted by Gasteiger charge is 2.45. The third-order valence-electron chi connectivity index (χ3n) is 9.40. The van der Waals surface area contributed by atoms with Crippen molar-refractivity contribution in [3.8, 4) is 0 Å². The molecule has 300 valence electrons. The number of carbonyl (C=O) groups is 3. The number of nitrogens with zero attached hydrogens (tertiary/aromatic N) is 8. The Hall–Kier alpha value is -4.45. The fraction of sp³-hybridized carbons (Fsp3) is 0.719. The van der Waals surface area contributed by atoms with Crippen LogP contribution in [0.2, 0.25) is 0 Å². The summed E-state index contributed by atoms with van der Waals surface area (Å²) in [4.78, 5) is 58.3. The molecule has 1 unspecified atom stereocenters. The predicted molar refractivity (Wildman–Crippen MR) is 188 cm³/mol. The summed E-state index contributed by atoms with van der Waals surface area (Å²) in [5.41, 5.74) is 11.8. The minimum absolute atomic E-state index is 0.00849. The molecule has 3 amide bonds. The van der Waals surface area contributed by atoms with Gasteiger partial charge in [0.05, 0.1) is 19.0 Å². The van der Waals surface area contributed by atoms with Gasteiger partial charge in [0.2, 0.25) is 5.96 Å². The molecule has 10 N–H and O–H groups in total. The number of aliphatic carboxylic acids is 1. The Morgan fingerprint density at radius 1 is 1.07 bits per heavy atom. The van der Waals surface area contributed by atoms with Gasteiger partial charge in [-0.2, -0.15) is 4.99 Å². The van der Waals surface area contributed by atoms with Crippen LogP contribution in [-0.4, -0.2) is 172 Å². The van der Waals surface area contributed by atoms with Crippen molar-refractivity contribution in [2.75, 3.05) is 45.2 Å². The first-order chi connectivity index (χ1) is 25.6. The number of anilines is 1. The van der Waals surface area contributed by atoms with Crippen molar-refractivity contribution in [3.63, 3.8) is 0 Å². The monoisotopic (exact) mass is 765 g/mol. The number of urea groups is 1. The second-order valence-electron chi connectivity index (χ2n) is 14.6. The Morgan fingerprint density at radius 2 is 1.83 bits per heavy atom. The van der Waals surface area contributed by atoms with Crippen LogP contribution in [0, 0.1) is 0 Å². The number of alkyl carbamates (subject to hydrolysis) is 1. The Bertz CT molecular complexity index is 1660. The van der Waals surface area contributed by atoms with Crippen LogP contribution in [0.5, 0.6) is 0 Å². The smallest absolute Gasteiger partial charge is 0.408 e. The second kappa shape index (κ2) is 17.3. The standard InChI is InChI=1S/C32H51N11O11/c1-32(2,3)54-31(51)38-17(28(48)49)7-10-40(12-19-23(46)24(47)27(53-19)42-15-37-22-25(33)35-14-36-26(22)42)8-5-4-6-9-41-16-43(30(50)39-29(41)34)21-11-18(45)20(13-44)52-21/h14-15,17-21,23-24,27,44-47H,4-13,16H2,1-3H3,(H,38,51)(H,48,49)(H2,33,35,36)(H2,34,39,50)/t17?,18-,19+,20+,21+,23+,24+,27+/m0/s1. The summed E-state index contributed by atoms with van der Waals surface area (Å²) in [5.74, 6) is -1.06. The van der Waals surface area contributed by atoms with Crippen molar-refractivity contribution >= 4 is 41.0 Å². The van der Waals surface area contributed by atoms with E-state index in [4.69, 9.17) is 25.7 Å². The number of nitrogen functional groups attached to an aromatic ring is 1. The van der Waals surface area contributed by atoms with E-state index in [1.165, 1.54) is 22.1 Å². The topological polar surface area (TPSA) is 310 Å². The first-order valence-corrected chi connectivity index (χ1v) is 17.8. The van der Waals surface area contributed by atoms with Crippen molar-refractivity contribution in [1.29, 1.82) is 0 Å². The van der Waals surface area contributed by atoms with Crippen LogP contribution in [0.4, 0.5) is 15.4 Å². The molecule has 5 heterocycles. The Kier molecular flexibility index (Phi) is 13.1. The molecule has 3 aliphatic rings. The number of unbranched alkanes of at least 4 members (excludes halogenated alkanes) is 2. The number of fused-ring (bicyclic) bond motifs is 1. The van der Waals surface area contributed by atoms with Gasteiger partial charge >= 0.3 is 18.1 Å². The average molecular weight is 766 g/mol. The minimum atomic E-state index is -1.36. The molecule has 0 aliphatic carbocycles. The van der Waals surface area contributed by atoms with Gasteiger partial charge in [0.15, 0.2) is 17.7 Å². The number of nitrogens with one attached hydrogen (secondary N) is 1. The lowest BCUT2D eigenvalue weighted by Crippen LogP contribution is -2.54. The molecule has 0 bridgehead atoms. The van der Waals surface area contributed by atoms with E-state index < -0.39 is 72.7 Å². The number of aliphatic imine (C=N–C) groups is 1. The molecule has 8 atom stereocenters. The number of ether oxygens (including phenoxy) is 3. The van der Waals surface area contributed by atoms with Gasteiger partial charge < -0.3 is 66.3 Å². The number of hydrogen-bond donors (Lipinski definition) is 8. The van der Waals surface area contributed by atoms with Gasteiger partial charge in [0.1, 0.15) is 60.8 Å². The number of guanidine groups is 1. The molecule has 0 saturated carbocycles. The number of hydrogen-bond acceptors (Lipinski definition) is 17. The molecule has 0 aromatic carbocycles. The van der Waals surface area contributed by atoms with E-state index in [1.54, 1.807) is 25.7 Å². The average Bonchev–Trinajstić information content (AvgIpc) is 3.78. The fourth-order valence-corrected chi connectivity index (χ4v) is 6.57. The Balaban J connectivity index is 1.21. The van der Waals surface area contributed by atoms with Crippen LogP contribution in [0.15, 0.2) is 17.6 Å².